The Morgan fingerprint density at radius 2 is 1.47 bits per heavy atom. The van der Waals surface area contributed by atoms with Crippen LogP contribution in [0.1, 0.15) is 10.4 Å². The summed E-state index contributed by atoms with van der Waals surface area (Å²) in [6.45, 7) is 0.799. The third-order valence-electron chi connectivity index (χ3n) is 3.91. The fourth-order valence-electron chi connectivity index (χ4n) is 2.47. The zero-order valence-corrected chi connectivity index (χ0v) is 18.1. The first-order valence-corrected chi connectivity index (χ1v) is 10.2. The van der Waals surface area contributed by atoms with Crippen LogP contribution in [-0.2, 0) is 0 Å². The van der Waals surface area contributed by atoms with Crippen LogP contribution in [0, 0.1) is 0 Å². The van der Waals surface area contributed by atoms with E-state index in [9.17, 15) is 4.79 Å². The minimum Gasteiger partial charge on any atom is -0.490 e. The summed E-state index contributed by atoms with van der Waals surface area (Å²) in [6.07, 6.45) is 0. The van der Waals surface area contributed by atoms with Gasteiger partial charge in [0.15, 0.2) is 5.11 Å². The number of nitrogens with one attached hydrogen (secondary N) is 2. The lowest BCUT2D eigenvalue weighted by Gasteiger charge is -2.12. The number of para-hydroxylation sites is 1. The molecule has 3 aromatic carbocycles. The first-order chi connectivity index (χ1) is 14.5. The van der Waals surface area contributed by atoms with Crippen LogP contribution in [0.3, 0.4) is 0 Å². The van der Waals surface area contributed by atoms with Crippen molar-refractivity contribution in [3.63, 3.8) is 0 Å². The van der Waals surface area contributed by atoms with Gasteiger partial charge in [0.2, 0.25) is 0 Å². The zero-order valence-electron chi connectivity index (χ0n) is 15.7. The Morgan fingerprint density at radius 3 is 2.13 bits per heavy atom. The molecule has 30 heavy (non-hydrogen) atoms. The summed E-state index contributed by atoms with van der Waals surface area (Å²) in [5.41, 5.74) is 0.945. The van der Waals surface area contributed by atoms with Crippen LogP contribution in [0.15, 0.2) is 72.8 Å². The maximum absolute atomic E-state index is 12.4. The van der Waals surface area contributed by atoms with E-state index in [1.54, 1.807) is 42.5 Å². The molecule has 0 bridgehead atoms. The number of halogens is 2. The molecule has 0 aliphatic rings. The number of hydrogen-bond donors (Lipinski definition) is 2. The number of ether oxygens (including phenoxy) is 2. The van der Waals surface area contributed by atoms with Crippen molar-refractivity contribution in [1.29, 1.82) is 0 Å². The van der Waals surface area contributed by atoms with Crippen molar-refractivity contribution < 1.29 is 14.3 Å². The van der Waals surface area contributed by atoms with Crippen molar-refractivity contribution >= 4 is 52.1 Å². The van der Waals surface area contributed by atoms with E-state index >= 15 is 0 Å². The first kappa shape index (κ1) is 21.9. The first-order valence-electron chi connectivity index (χ1n) is 9.00. The number of benzene rings is 3. The molecule has 0 atom stereocenters. The Bertz CT molecular complexity index is 1010. The highest BCUT2D eigenvalue weighted by Crippen LogP contribution is 2.29. The molecule has 5 nitrogen and oxygen atoms in total. The number of rotatable bonds is 7. The fraction of sp³-hybridized carbons (Fsp3) is 0.0909. The molecule has 0 spiro atoms. The van der Waals surface area contributed by atoms with E-state index < -0.39 is 0 Å². The van der Waals surface area contributed by atoms with Gasteiger partial charge in [-0.25, -0.2) is 0 Å². The molecule has 0 saturated heterocycles. The van der Waals surface area contributed by atoms with Gasteiger partial charge in [-0.15, -0.1) is 0 Å². The van der Waals surface area contributed by atoms with Gasteiger partial charge in [-0.2, -0.15) is 0 Å². The summed E-state index contributed by atoms with van der Waals surface area (Å²) < 4.78 is 11.2. The molecular weight excluding hydrogens is 443 g/mol. The normalized spacial score (nSPS) is 10.2. The molecule has 0 aromatic heterocycles. The van der Waals surface area contributed by atoms with E-state index in [1.165, 1.54) is 0 Å². The zero-order chi connectivity index (χ0) is 21.3. The van der Waals surface area contributed by atoms with E-state index in [1.807, 2.05) is 30.3 Å². The summed E-state index contributed by atoms with van der Waals surface area (Å²) in [4.78, 5) is 12.4. The molecule has 8 heteroatoms. The summed E-state index contributed by atoms with van der Waals surface area (Å²) in [5, 5.41) is 6.29. The number of amides is 1. The van der Waals surface area contributed by atoms with Gasteiger partial charge < -0.3 is 14.8 Å². The predicted molar refractivity (Wildman–Crippen MR) is 124 cm³/mol. The number of carbonyl (C=O) groups is 1. The van der Waals surface area contributed by atoms with Gasteiger partial charge in [0.05, 0.1) is 15.7 Å². The standard InChI is InChI=1S/C22H18Cl2N2O3S/c23-18-7-4-8-19(20(18)24)25-22(30)26-21(27)15-9-11-17(12-10-15)29-14-13-28-16-5-2-1-3-6-16/h1-12H,13-14H2,(H2,25,26,27,30). The Hall–Kier alpha value is -2.80. The smallest absolute Gasteiger partial charge is 0.257 e. The SMILES string of the molecule is O=C(NC(=S)Nc1cccc(Cl)c1Cl)c1ccc(OCCOc2ccccc2)cc1. The van der Waals surface area contributed by atoms with Crippen LogP contribution in [0.25, 0.3) is 0 Å². The molecule has 0 saturated carbocycles. The van der Waals surface area contributed by atoms with Gasteiger partial charge in [0.25, 0.3) is 5.91 Å². The van der Waals surface area contributed by atoms with E-state index in [4.69, 9.17) is 44.9 Å². The van der Waals surface area contributed by atoms with Crippen molar-refractivity contribution in [3.8, 4) is 11.5 Å². The van der Waals surface area contributed by atoms with Crippen molar-refractivity contribution in [2.75, 3.05) is 18.5 Å². The highest BCUT2D eigenvalue weighted by molar-refractivity contribution is 7.80. The van der Waals surface area contributed by atoms with Gasteiger partial charge >= 0.3 is 0 Å². The largest absolute Gasteiger partial charge is 0.490 e. The lowest BCUT2D eigenvalue weighted by Crippen LogP contribution is -2.34. The van der Waals surface area contributed by atoms with E-state index in [0.29, 0.717) is 40.3 Å². The van der Waals surface area contributed by atoms with Gasteiger partial charge in [0.1, 0.15) is 24.7 Å². The van der Waals surface area contributed by atoms with Gasteiger partial charge in [-0.3, -0.25) is 10.1 Å². The predicted octanol–water partition coefficient (Wildman–Crippen LogP) is 5.58. The minimum atomic E-state index is -0.357. The fourth-order valence-corrected chi connectivity index (χ4v) is 3.02. The van der Waals surface area contributed by atoms with Crippen LogP contribution in [0.4, 0.5) is 5.69 Å². The molecule has 3 rings (SSSR count). The second-order valence-electron chi connectivity index (χ2n) is 6.04. The van der Waals surface area contributed by atoms with Gasteiger partial charge in [-0.05, 0) is 60.7 Å². The second kappa shape index (κ2) is 10.8. The molecule has 154 valence electrons. The number of carbonyl (C=O) groups excluding carboxylic acids is 1. The summed E-state index contributed by atoms with van der Waals surface area (Å²) in [7, 11) is 0. The third kappa shape index (κ3) is 6.35. The Balaban J connectivity index is 1.46. The van der Waals surface area contributed by atoms with Crippen LogP contribution >= 0.6 is 35.4 Å². The Kier molecular flexibility index (Phi) is 7.90. The molecule has 0 aliphatic heterocycles. The lowest BCUT2D eigenvalue weighted by molar-refractivity contribution is 0.0977. The maximum Gasteiger partial charge on any atom is 0.257 e. The molecule has 0 aliphatic carbocycles. The number of hydrogen-bond acceptors (Lipinski definition) is 4. The molecule has 1 amide bonds. The van der Waals surface area contributed by atoms with Crippen molar-refractivity contribution in [2.45, 2.75) is 0 Å². The Labute approximate surface area is 189 Å². The maximum atomic E-state index is 12.4. The number of thiocarbonyl (C=S) groups is 1. The molecule has 0 unspecified atom stereocenters. The van der Waals surface area contributed by atoms with Crippen LogP contribution < -0.4 is 20.1 Å². The number of anilines is 1. The molecule has 3 aromatic rings. The Morgan fingerprint density at radius 1 is 0.833 bits per heavy atom. The average Bonchev–Trinajstić information content (AvgIpc) is 2.75. The molecular formula is C22H18Cl2N2O3S. The van der Waals surface area contributed by atoms with E-state index in [0.717, 1.165) is 5.75 Å². The quantitative estimate of drug-likeness (QED) is 0.356. The second-order valence-corrected chi connectivity index (χ2v) is 7.24. The highest BCUT2D eigenvalue weighted by atomic mass is 35.5. The summed E-state index contributed by atoms with van der Waals surface area (Å²) in [6, 6.07) is 21.3. The minimum absolute atomic E-state index is 0.113. The molecule has 0 radical (unpaired) electrons. The van der Waals surface area contributed by atoms with Crippen LogP contribution in [0.2, 0.25) is 10.0 Å². The van der Waals surface area contributed by atoms with Gasteiger partial charge in [0, 0.05) is 5.56 Å². The molecule has 2 N–H and O–H groups in total. The van der Waals surface area contributed by atoms with E-state index in [2.05, 4.69) is 10.6 Å². The highest BCUT2D eigenvalue weighted by Gasteiger charge is 2.10. The van der Waals surface area contributed by atoms with Crippen molar-refractivity contribution in [3.05, 3.63) is 88.4 Å². The monoisotopic (exact) mass is 460 g/mol. The van der Waals surface area contributed by atoms with Crippen LogP contribution in [0.5, 0.6) is 11.5 Å². The lowest BCUT2D eigenvalue weighted by atomic mass is 10.2. The summed E-state index contributed by atoms with van der Waals surface area (Å²) in [5.74, 6) is 1.07. The molecule has 0 heterocycles. The topological polar surface area (TPSA) is 59.6 Å². The third-order valence-corrected chi connectivity index (χ3v) is 4.93. The van der Waals surface area contributed by atoms with Gasteiger partial charge in [-0.1, -0.05) is 47.5 Å². The summed E-state index contributed by atoms with van der Waals surface area (Å²) >= 11 is 17.2. The van der Waals surface area contributed by atoms with E-state index in [-0.39, 0.29) is 11.0 Å². The molecule has 0 fully saturated rings. The van der Waals surface area contributed by atoms with Crippen molar-refractivity contribution in [2.24, 2.45) is 0 Å². The van der Waals surface area contributed by atoms with Crippen LogP contribution in [-0.4, -0.2) is 24.2 Å². The van der Waals surface area contributed by atoms with Crippen molar-refractivity contribution in [1.82, 2.24) is 5.32 Å². The average molecular weight is 461 g/mol.